The van der Waals surface area contributed by atoms with Crippen molar-refractivity contribution in [2.75, 3.05) is 36.0 Å². The van der Waals surface area contributed by atoms with E-state index in [1.165, 1.54) is 11.5 Å². The lowest BCUT2D eigenvalue weighted by atomic mass is 10.2. The summed E-state index contributed by atoms with van der Waals surface area (Å²) in [5.41, 5.74) is 1.16. The van der Waals surface area contributed by atoms with Crippen LogP contribution in [0.3, 0.4) is 0 Å². The molecule has 0 radical (unpaired) electrons. The van der Waals surface area contributed by atoms with Crippen LogP contribution in [0.5, 0.6) is 0 Å². The van der Waals surface area contributed by atoms with Gasteiger partial charge >= 0.3 is 0 Å². The van der Waals surface area contributed by atoms with Gasteiger partial charge in [0, 0.05) is 49.1 Å². The van der Waals surface area contributed by atoms with Crippen LogP contribution >= 0.6 is 11.8 Å². The van der Waals surface area contributed by atoms with E-state index in [-0.39, 0.29) is 0 Å². The van der Waals surface area contributed by atoms with Crippen molar-refractivity contribution in [3.05, 3.63) is 18.0 Å². The molecule has 2 rings (SSSR count). The number of nitrogens with zero attached hydrogens (tertiary/aromatic N) is 3. The van der Waals surface area contributed by atoms with E-state index >= 15 is 0 Å². The van der Waals surface area contributed by atoms with Crippen molar-refractivity contribution in [1.82, 2.24) is 15.3 Å². The molecule has 1 fully saturated rings. The largest absolute Gasteiger partial charge is 0.339 e. The maximum atomic E-state index is 4.47. The first-order valence-electron chi connectivity index (χ1n) is 6.60. The Morgan fingerprint density at radius 2 is 1.94 bits per heavy atom. The van der Waals surface area contributed by atoms with Crippen molar-refractivity contribution in [2.45, 2.75) is 20.4 Å². The Hall–Kier alpha value is -0.810. The van der Waals surface area contributed by atoms with Crippen LogP contribution in [0.4, 0.5) is 5.95 Å². The highest BCUT2D eigenvalue weighted by atomic mass is 32.2. The van der Waals surface area contributed by atoms with Crippen LogP contribution in [-0.2, 0) is 6.54 Å². The fraction of sp³-hybridized carbons (Fsp3) is 0.692. The molecule has 1 aromatic rings. The number of rotatable bonds is 5. The second-order valence-corrected chi connectivity index (χ2v) is 6.24. The average molecular weight is 266 g/mol. The minimum absolute atomic E-state index is 0.677. The highest BCUT2D eigenvalue weighted by molar-refractivity contribution is 7.99. The van der Waals surface area contributed by atoms with E-state index < -0.39 is 0 Å². The predicted molar refractivity (Wildman–Crippen MR) is 78.1 cm³/mol. The maximum absolute atomic E-state index is 4.47. The molecule has 0 spiro atoms. The predicted octanol–water partition coefficient (Wildman–Crippen LogP) is 1.78. The molecule has 0 saturated carbocycles. The highest BCUT2D eigenvalue weighted by Crippen LogP contribution is 2.14. The lowest BCUT2D eigenvalue weighted by Gasteiger charge is -2.26. The van der Waals surface area contributed by atoms with Crippen molar-refractivity contribution >= 4 is 17.7 Å². The summed E-state index contributed by atoms with van der Waals surface area (Å²) >= 11 is 2.00. The lowest BCUT2D eigenvalue weighted by molar-refractivity contribution is 0.551. The van der Waals surface area contributed by atoms with Gasteiger partial charge in [-0.2, -0.15) is 11.8 Å². The van der Waals surface area contributed by atoms with E-state index in [1.807, 2.05) is 24.2 Å². The Balaban J connectivity index is 1.84. The van der Waals surface area contributed by atoms with Crippen LogP contribution in [0.1, 0.15) is 19.4 Å². The van der Waals surface area contributed by atoms with Gasteiger partial charge in [-0.3, -0.25) is 0 Å². The first-order valence-corrected chi connectivity index (χ1v) is 7.75. The number of aromatic nitrogens is 2. The van der Waals surface area contributed by atoms with Gasteiger partial charge < -0.3 is 10.2 Å². The summed E-state index contributed by atoms with van der Waals surface area (Å²) in [5.74, 6) is 3.92. The van der Waals surface area contributed by atoms with Crippen LogP contribution in [0.2, 0.25) is 0 Å². The SMILES string of the molecule is CC(C)CNCc1cnc(N2CCSCC2)nc1. The van der Waals surface area contributed by atoms with Crippen LogP contribution < -0.4 is 10.2 Å². The van der Waals surface area contributed by atoms with Gasteiger partial charge in [0.05, 0.1) is 0 Å². The zero-order valence-corrected chi connectivity index (χ0v) is 12.0. The summed E-state index contributed by atoms with van der Waals surface area (Å²) in [6.45, 7) is 8.44. The Morgan fingerprint density at radius 1 is 1.28 bits per heavy atom. The number of hydrogen-bond donors (Lipinski definition) is 1. The van der Waals surface area contributed by atoms with Gasteiger partial charge in [-0.25, -0.2) is 9.97 Å². The molecule has 1 aromatic heterocycles. The summed E-state index contributed by atoms with van der Waals surface area (Å²) in [7, 11) is 0. The third-order valence-corrected chi connectivity index (χ3v) is 3.81. The standard InChI is InChI=1S/C13H22N4S/c1-11(2)7-14-8-12-9-15-13(16-10-12)17-3-5-18-6-4-17/h9-11,14H,3-8H2,1-2H3. The summed E-state index contributed by atoms with van der Waals surface area (Å²) < 4.78 is 0. The summed E-state index contributed by atoms with van der Waals surface area (Å²) in [6, 6.07) is 0. The molecule has 18 heavy (non-hydrogen) atoms. The van der Waals surface area contributed by atoms with E-state index in [0.29, 0.717) is 5.92 Å². The minimum Gasteiger partial charge on any atom is -0.339 e. The molecule has 0 unspecified atom stereocenters. The zero-order valence-electron chi connectivity index (χ0n) is 11.2. The van der Waals surface area contributed by atoms with Gasteiger partial charge in [-0.15, -0.1) is 0 Å². The third kappa shape index (κ3) is 4.14. The molecule has 1 aliphatic rings. The van der Waals surface area contributed by atoms with Gasteiger partial charge in [-0.1, -0.05) is 13.8 Å². The van der Waals surface area contributed by atoms with Crippen molar-refractivity contribution < 1.29 is 0 Å². The van der Waals surface area contributed by atoms with Crippen LogP contribution in [0, 0.1) is 5.92 Å². The maximum Gasteiger partial charge on any atom is 0.225 e. The molecular weight excluding hydrogens is 244 g/mol. The first kappa shape index (κ1) is 13.6. The number of thioether (sulfide) groups is 1. The van der Waals surface area contributed by atoms with Gasteiger partial charge in [0.1, 0.15) is 0 Å². The molecule has 0 aromatic carbocycles. The molecule has 1 aliphatic heterocycles. The number of anilines is 1. The number of nitrogens with one attached hydrogen (secondary N) is 1. The normalized spacial score (nSPS) is 16.3. The zero-order chi connectivity index (χ0) is 12.8. The van der Waals surface area contributed by atoms with Crippen molar-refractivity contribution in [3.63, 3.8) is 0 Å². The molecule has 2 heterocycles. The molecule has 0 bridgehead atoms. The smallest absolute Gasteiger partial charge is 0.225 e. The van der Waals surface area contributed by atoms with Crippen LogP contribution in [-0.4, -0.2) is 41.1 Å². The van der Waals surface area contributed by atoms with E-state index in [1.54, 1.807) is 0 Å². The van der Waals surface area contributed by atoms with Crippen LogP contribution in [0.15, 0.2) is 12.4 Å². The second-order valence-electron chi connectivity index (χ2n) is 5.02. The third-order valence-electron chi connectivity index (χ3n) is 2.87. The Morgan fingerprint density at radius 3 is 2.56 bits per heavy atom. The van der Waals surface area contributed by atoms with E-state index in [9.17, 15) is 0 Å². The van der Waals surface area contributed by atoms with Gasteiger partial charge in [0.25, 0.3) is 0 Å². The summed E-state index contributed by atoms with van der Waals surface area (Å²) in [6.07, 6.45) is 3.88. The van der Waals surface area contributed by atoms with E-state index in [4.69, 9.17) is 0 Å². The van der Waals surface area contributed by atoms with Gasteiger partial charge in [0.2, 0.25) is 5.95 Å². The van der Waals surface area contributed by atoms with Crippen LogP contribution in [0.25, 0.3) is 0 Å². The molecule has 1 N–H and O–H groups in total. The Labute approximate surface area is 114 Å². The van der Waals surface area contributed by atoms with E-state index in [2.05, 4.69) is 34.0 Å². The second kappa shape index (κ2) is 6.95. The van der Waals surface area contributed by atoms with Crippen molar-refractivity contribution in [2.24, 2.45) is 5.92 Å². The Kier molecular flexibility index (Phi) is 5.26. The molecule has 0 aliphatic carbocycles. The van der Waals surface area contributed by atoms with Gasteiger partial charge in [-0.05, 0) is 12.5 Å². The minimum atomic E-state index is 0.677. The molecular formula is C13H22N4S. The number of hydrogen-bond acceptors (Lipinski definition) is 5. The topological polar surface area (TPSA) is 41.1 Å². The molecule has 5 heteroatoms. The fourth-order valence-corrected chi connectivity index (χ4v) is 2.77. The summed E-state index contributed by atoms with van der Waals surface area (Å²) in [4.78, 5) is 11.2. The molecule has 0 amide bonds. The van der Waals surface area contributed by atoms with E-state index in [0.717, 1.165) is 37.7 Å². The summed E-state index contributed by atoms with van der Waals surface area (Å²) in [5, 5.41) is 3.40. The molecule has 100 valence electrons. The quantitative estimate of drug-likeness (QED) is 0.880. The average Bonchev–Trinajstić information content (AvgIpc) is 2.40. The van der Waals surface area contributed by atoms with Crippen molar-refractivity contribution in [1.29, 1.82) is 0 Å². The highest BCUT2D eigenvalue weighted by Gasteiger charge is 2.13. The van der Waals surface area contributed by atoms with Gasteiger partial charge in [0.15, 0.2) is 0 Å². The first-order chi connectivity index (χ1) is 8.75. The fourth-order valence-electron chi connectivity index (χ4n) is 1.87. The molecule has 4 nitrogen and oxygen atoms in total. The monoisotopic (exact) mass is 266 g/mol. The Bertz CT molecular complexity index is 347. The lowest BCUT2D eigenvalue weighted by Crippen LogP contribution is -2.33. The van der Waals surface area contributed by atoms with Crippen molar-refractivity contribution in [3.8, 4) is 0 Å². The molecule has 1 saturated heterocycles. The molecule has 0 atom stereocenters.